The molecule has 3 rings (SSSR count). The summed E-state index contributed by atoms with van der Waals surface area (Å²) < 4.78 is 0. The Morgan fingerprint density at radius 2 is 1.54 bits per heavy atom. The molecule has 0 radical (unpaired) electrons. The number of hydrogen-bond donors (Lipinski definition) is 3. The third-order valence-corrected chi connectivity index (χ3v) is 4.68. The van der Waals surface area contributed by atoms with Gasteiger partial charge in [-0.25, -0.2) is 0 Å². The number of benzene rings is 3. The maximum absolute atomic E-state index is 11.9. The van der Waals surface area contributed by atoms with E-state index in [0.717, 1.165) is 16.7 Å². The van der Waals surface area contributed by atoms with Gasteiger partial charge in [0.1, 0.15) is 0 Å². The second-order valence-electron chi connectivity index (χ2n) is 6.34. The fourth-order valence-corrected chi connectivity index (χ4v) is 3.01. The average Bonchev–Trinajstić information content (AvgIpc) is 2.69. The van der Waals surface area contributed by atoms with Crippen LogP contribution >= 0.6 is 11.6 Å². The molecule has 0 heterocycles. The quantitative estimate of drug-likeness (QED) is 0.547. The molecule has 0 spiro atoms. The van der Waals surface area contributed by atoms with Crippen LogP contribution in [0, 0.1) is 0 Å². The van der Waals surface area contributed by atoms with Crippen molar-refractivity contribution >= 4 is 34.8 Å². The van der Waals surface area contributed by atoms with E-state index in [1.165, 1.54) is 0 Å². The van der Waals surface area contributed by atoms with Crippen molar-refractivity contribution in [3.63, 3.8) is 0 Å². The highest BCUT2D eigenvalue weighted by Gasteiger charge is 2.15. The lowest BCUT2D eigenvalue weighted by molar-refractivity contribution is -0.115. The minimum atomic E-state index is -0.596. The molecule has 142 valence electrons. The van der Waals surface area contributed by atoms with Crippen LogP contribution in [0.4, 0.5) is 11.4 Å². The molecule has 0 atom stereocenters. The van der Waals surface area contributed by atoms with Crippen LogP contribution < -0.4 is 16.8 Å². The maximum Gasteiger partial charge on any atom is 0.250 e. The highest BCUT2D eigenvalue weighted by molar-refractivity contribution is 6.30. The van der Waals surface area contributed by atoms with E-state index in [0.29, 0.717) is 28.4 Å². The van der Waals surface area contributed by atoms with E-state index < -0.39 is 5.91 Å². The Morgan fingerprint density at radius 3 is 2.11 bits per heavy atom. The Morgan fingerprint density at radius 1 is 0.929 bits per heavy atom. The number of carbonyl (C=O) groups excluding carboxylic acids is 2. The van der Waals surface area contributed by atoms with Gasteiger partial charge >= 0.3 is 0 Å². The van der Waals surface area contributed by atoms with Crippen molar-refractivity contribution in [1.82, 2.24) is 0 Å². The average molecular weight is 394 g/mol. The second kappa shape index (κ2) is 8.15. The lowest BCUT2D eigenvalue weighted by Crippen LogP contribution is -2.14. The Hall–Kier alpha value is -3.31. The summed E-state index contributed by atoms with van der Waals surface area (Å²) in [7, 11) is 0. The van der Waals surface area contributed by atoms with E-state index in [9.17, 15) is 9.59 Å². The summed E-state index contributed by atoms with van der Waals surface area (Å²) in [6, 6.07) is 18.1. The molecule has 0 unspecified atom stereocenters. The Bertz CT molecular complexity index is 1030. The highest BCUT2D eigenvalue weighted by Crippen LogP contribution is 2.35. The molecule has 0 aliphatic carbocycles. The topological polar surface area (TPSA) is 98.2 Å². The molecule has 3 aromatic rings. The molecule has 0 saturated carbocycles. The summed E-state index contributed by atoms with van der Waals surface area (Å²) in [5.74, 6) is -0.658. The molecule has 2 amide bonds. The minimum absolute atomic E-state index is 0.0620. The monoisotopic (exact) mass is 393 g/mol. The fraction of sp³-hybridized carbons (Fsp3) is 0.0909. The number of amides is 2. The van der Waals surface area contributed by atoms with Crippen molar-refractivity contribution in [3.05, 3.63) is 71.2 Å². The molecule has 0 aliphatic heterocycles. The SMILES string of the molecule is CCC(=O)Nc1ccc(-c2cc(-c3ccc(Cl)cc3)cc(C(N)=O)c2N)cc1. The minimum Gasteiger partial charge on any atom is -0.398 e. The standard InChI is InChI=1S/C22H20ClN3O2/c1-2-20(27)26-17-9-5-14(6-10-17)18-11-15(12-19(21(18)24)22(25)28)13-3-7-16(23)8-4-13/h3-12H,2,24H2,1H3,(H2,25,28)(H,26,27). The number of nitrogens with two attached hydrogens (primary N) is 2. The molecule has 5 N–H and O–H groups in total. The molecule has 0 saturated heterocycles. The second-order valence-corrected chi connectivity index (χ2v) is 6.77. The van der Waals surface area contributed by atoms with E-state index in [1.54, 1.807) is 37.3 Å². The Kier molecular flexibility index (Phi) is 5.66. The van der Waals surface area contributed by atoms with Gasteiger partial charge in [0.15, 0.2) is 0 Å². The van der Waals surface area contributed by atoms with Gasteiger partial charge in [0.2, 0.25) is 5.91 Å². The van der Waals surface area contributed by atoms with Gasteiger partial charge in [0.25, 0.3) is 5.91 Å². The maximum atomic E-state index is 11.9. The zero-order chi connectivity index (χ0) is 20.3. The molecule has 0 aromatic heterocycles. The summed E-state index contributed by atoms with van der Waals surface area (Å²) in [5, 5.41) is 3.42. The van der Waals surface area contributed by atoms with Crippen LogP contribution in [-0.4, -0.2) is 11.8 Å². The van der Waals surface area contributed by atoms with E-state index >= 15 is 0 Å². The number of rotatable bonds is 5. The summed E-state index contributed by atoms with van der Waals surface area (Å²) >= 11 is 5.97. The van der Waals surface area contributed by atoms with Gasteiger partial charge in [-0.3, -0.25) is 9.59 Å². The van der Waals surface area contributed by atoms with Crippen LogP contribution in [0.5, 0.6) is 0 Å². The normalized spacial score (nSPS) is 10.5. The number of hydrogen-bond acceptors (Lipinski definition) is 3. The van der Waals surface area contributed by atoms with Crippen LogP contribution in [0.1, 0.15) is 23.7 Å². The zero-order valence-electron chi connectivity index (χ0n) is 15.3. The predicted molar refractivity (Wildman–Crippen MR) is 114 cm³/mol. The molecular formula is C22H20ClN3O2. The third kappa shape index (κ3) is 4.15. The van der Waals surface area contributed by atoms with E-state index in [1.807, 2.05) is 30.3 Å². The Labute approximate surface area is 168 Å². The first kappa shape index (κ1) is 19.5. The molecule has 3 aromatic carbocycles. The van der Waals surface area contributed by atoms with Crippen molar-refractivity contribution in [2.75, 3.05) is 11.1 Å². The molecule has 5 nitrogen and oxygen atoms in total. The van der Waals surface area contributed by atoms with Crippen LogP contribution in [-0.2, 0) is 4.79 Å². The van der Waals surface area contributed by atoms with Gasteiger partial charge in [0.05, 0.1) is 11.3 Å². The van der Waals surface area contributed by atoms with E-state index in [2.05, 4.69) is 5.32 Å². The smallest absolute Gasteiger partial charge is 0.250 e. The molecule has 0 aliphatic rings. The number of nitrogens with one attached hydrogen (secondary N) is 1. The van der Waals surface area contributed by atoms with Crippen molar-refractivity contribution in [3.8, 4) is 22.3 Å². The van der Waals surface area contributed by atoms with E-state index in [4.69, 9.17) is 23.1 Å². The predicted octanol–water partition coefficient (Wildman–Crippen LogP) is 4.70. The number of anilines is 2. The number of nitrogen functional groups attached to an aromatic ring is 1. The number of primary amides is 1. The summed E-state index contributed by atoms with van der Waals surface area (Å²) in [4.78, 5) is 23.5. The summed E-state index contributed by atoms with van der Waals surface area (Å²) in [6.45, 7) is 1.79. The molecule has 0 fully saturated rings. The first-order valence-corrected chi connectivity index (χ1v) is 9.16. The lowest BCUT2D eigenvalue weighted by atomic mass is 9.93. The van der Waals surface area contributed by atoms with Crippen LogP contribution in [0.3, 0.4) is 0 Å². The van der Waals surface area contributed by atoms with Gasteiger partial charge in [-0.2, -0.15) is 0 Å². The van der Waals surface area contributed by atoms with Crippen molar-refractivity contribution in [2.45, 2.75) is 13.3 Å². The zero-order valence-corrected chi connectivity index (χ0v) is 16.1. The van der Waals surface area contributed by atoms with Gasteiger partial charge in [-0.1, -0.05) is 42.8 Å². The van der Waals surface area contributed by atoms with Gasteiger partial charge in [-0.05, 0) is 53.1 Å². The molecular weight excluding hydrogens is 374 g/mol. The van der Waals surface area contributed by atoms with Gasteiger partial charge in [-0.15, -0.1) is 0 Å². The third-order valence-electron chi connectivity index (χ3n) is 4.42. The van der Waals surface area contributed by atoms with Crippen LogP contribution in [0.15, 0.2) is 60.7 Å². The van der Waals surface area contributed by atoms with Crippen LogP contribution in [0.25, 0.3) is 22.3 Å². The van der Waals surface area contributed by atoms with Crippen LogP contribution in [0.2, 0.25) is 5.02 Å². The van der Waals surface area contributed by atoms with Crippen molar-refractivity contribution in [1.29, 1.82) is 0 Å². The number of halogens is 1. The molecule has 6 heteroatoms. The van der Waals surface area contributed by atoms with Gasteiger partial charge in [0, 0.05) is 22.7 Å². The molecule has 0 bridgehead atoms. The first-order valence-electron chi connectivity index (χ1n) is 8.78. The van der Waals surface area contributed by atoms with E-state index in [-0.39, 0.29) is 11.5 Å². The first-order chi connectivity index (χ1) is 13.4. The highest BCUT2D eigenvalue weighted by atomic mass is 35.5. The number of carbonyl (C=O) groups is 2. The largest absolute Gasteiger partial charge is 0.398 e. The van der Waals surface area contributed by atoms with Crippen molar-refractivity contribution in [2.24, 2.45) is 5.73 Å². The molecule has 28 heavy (non-hydrogen) atoms. The fourth-order valence-electron chi connectivity index (χ4n) is 2.89. The summed E-state index contributed by atoms with van der Waals surface area (Å²) in [6.07, 6.45) is 0.403. The van der Waals surface area contributed by atoms with Crippen molar-refractivity contribution < 1.29 is 9.59 Å². The van der Waals surface area contributed by atoms with Gasteiger partial charge < -0.3 is 16.8 Å². The Balaban J connectivity index is 2.08. The lowest BCUT2D eigenvalue weighted by Gasteiger charge is -2.14. The summed E-state index contributed by atoms with van der Waals surface area (Å²) in [5.41, 5.74) is 16.2.